The molecule has 0 radical (unpaired) electrons. The van der Waals surface area contributed by atoms with Crippen LogP contribution in [0.25, 0.3) is 0 Å². The van der Waals surface area contributed by atoms with E-state index in [9.17, 15) is 0 Å². The minimum Gasteiger partial charge on any atom is -0.260 e. The molecule has 0 atom stereocenters. The fourth-order valence-electron chi connectivity index (χ4n) is 1.53. The zero-order valence-electron chi connectivity index (χ0n) is 12.5. The lowest BCUT2D eigenvalue weighted by Gasteiger charge is -2.07. The SMILES string of the molecule is C#CC(/C(C)=C\C(C)=C\C)=C(\N=CC)C(C)=NC=C. The Morgan fingerprint density at radius 2 is 1.84 bits per heavy atom. The lowest BCUT2D eigenvalue weighted by molar-refractivity contribution is 1.31. The van der Waals surface area contributed by atoms with Gasteiger partial charge in [-0.1, -0.05) is 30.2 Å². The monoisotopic (exact) mass is 254 g/mol. The summed E-state index contributed by atoms with van der Waals surface area (Å²) < 4.78 is 0. The molecule has 0 heterocycles. The topological polar surface area (TPSA) is 24.7 Å². The number of hydrogen-bond donors (Lipinski definition) is 0. The first kappa shape index (κ1) is 16.9. The van der Waals surface area contributed by atoms with Crippen molar-refractivity contribution >= 4 is 11.9 Å². The summed E-state index contributed by atoms with van der Waals surface area (Å²) in [7, 11) is 0. The molecule has 0 aliphatic carbocycles. The second-order valence-electron chi connectivity index (χ2n) is 4.01. The summed E-state index contributed by atoms with van der Waals surface area (Å²) in [4.78, 5) is 8.51. The zero-order chi connectivity index (χ0) is 14.8. The van der Waals surface area contributed by atoms with Gasteiger partial charge in [-0.2, -0.15) is 0 Å². The highest BCUT2D eigenvalue weighted by atomic mass is 14.8. The summed E-state index contributed by atoms with van der Waals surface area (Å²) in [5.41, 5.74) is 4.37. The Morgan fingerprint density at radius 3 is 2.26 bits per heavy atom. The fourth-order valence-corrected chi connectivity index (χ4v) is 1.53. The Hall–Kier alpha value is -2.14. The van der Waals surface area contributed by atoms with Crippen molar-refractivity contribution in [1.82, 2.24) is 0 Å². The number of terminal acetylenes is 1. The summed E-state index contributed by atoms with van der Waals surface area (Å²) in [6.45, 7) is 13.3. The Labute approximate surface area is 117 Å². The van der Waals surface area contributed by atoms with Crippen LogP contribution in [0, 0.1) is 12.3 Å². The summed E-state index contributed by atoms with van der Waals surface area (Å²) in [6, 6.07) is 0. The maximum atomic E-state index is 5.63. The van der Waals surface area contributed by atoms with Crippen molar-refractivity contribution in [3.05, 3.63) is 47.3 Å². The van der Waals surface area contributed by atoms with E-state index in [0.29, 0.717) is 5.70 Å². The zero-order valence-corrected chi connectivity index (χ0v) is 12.5. The number of nitrogens with zero attached hydrogens (tertiary/aromatic N) is 2. The first-order valence-electron chi connectivity index (χ1n) is 6.18. The molecule has 0 aliphatic rings. The smallest absolute Gasteiger partial charge is 0.0996 e. The first-order chi connectivity index (χ1) is 9.01. The van der Waals surface area contributed by atoms with Gasteiger partial charge < -0.3 is 0 Å². The van der Waals surface area contributed by atoms with E-state index >= 15 is 0 Å². The van der Waals surface area contributed by atoms with Gasteiger partial charge >= 0.3 is 0 Å². The van der Waals surface area contributed by atoms with Crippen molar-refractivity contribution in [2.24, 2.45) is 9.98 Å². The van der Waals surface area contributed by atoms with Crippen LogP contribution in [0.15, 0.2) is 57.3 Å². The van der Waals surface area contributed by atoms with Crippen LogP contribution in [-0.4, -0.2) is 11.9 Å². The molecule has 0 aliphatic heterocycles. The molecule has 0 aromatic carbocycles. The molecule has 0 fully saturated rings. The predicted octanol–water partition coefficient (Wildman–Crippen LogP) is 4.48. The van der Waals surface area contributed by atoms with Gasteiger partial charge in [-0.15, -0.1) is 6.42 Å². The van der Waals surface area contributed by atoms with Crippen molar-refractivity contribution in [2.45, 2.75) is 34.6 Å². The molecule has 0 unspecified atom stereocenters. The average Bonchev–Trinajstić information content (AvgIpc) is 2.38. The third kappa shape index (κ3) is 5.35. The number of aliphatic imine (C=N–C) groups is 2. The third-order valence-corrected chi connectivity index (χ3v) is 2.56. The second kappa shape index (κ2) is 8.88. The highest BCUT2D eigenvalue weighted by molar-refractivity contribution is 6.01. The molecule has 0 amide bonds. The van der Waals surface area contributed by atoms with Crippen molar-refractivity contribution in [3.8, 4) is 12.3 Å². The summed E-state index contributed by atoms with van der Waals surface area (Å²) >= 11 is 0. The predicted molar refractivity (Wildman–Crippen MR) is 86.5 cm³/mol. The average molecular weight is 254 g/mol. The first-order valence-corrected chi connectivity index (χ1v) is 6.18. The van der Waals surface area contributed by atoms with Crippen molar-refractivity contribution in [2.75, 3.05) is 0 Å². The largest absolute Gasteiger partial charge is 0.260 e. The van der Waals surface area contributed by atoms with Crippen LogP contribution >= 0.6 is 0 Å². The molecule has 0 spiro atoms. The van der Waals surface area contributed by atoms with Gasteiger partial charge in [0, 0.05) is 12.4 Å². The maximum Gasteiger partial charge on any atom is 0.0996 e. The Kier molecular flexibility index (Phi) is 7.88. The number of allylic oxidation sites excluding steroid dienone is 6. The molecular formula is C17H22N2. The third-order valence-electron chi connectivity index (χ3n) is 2.56. The molecule has 2 nitrogen and oxygen atoms in total. The summed E-state index contributed by atoms with van der Waals surface area (Å²) in [5, 5.41) is 0. The van der Waals surface area contributed by atoms with Gasteiger partial charge in [0.15, 0.2) is 0 Å². The highest BCUT2D eigenvalue weighted by Crippen LogP contribution is 2.18. The van der Waals surface area contributed by atoms with Gasteiger partial charge in [0.1, 0.15) is 0 Å². The van der Waals surface area contributed by atoms with Gasteiger partial charge in [0.2, 0.25) is 0 Å². The van der Waals surface area contributed by atoms with E-state index in [2.05, 4.69) is 22.5 Å². The van der Waals surface area contributed by atoms with Crippen molar-refractivity contribution in [3.63, 3.8) is 0 Å². The molecule has 0 saturated heterocycles. The maximum absolute atomic E-state index is 5.63. The normalized spacial score (nSPS) is 15.3. The van der Waals surface area contributed by atoms with Crippen LogP contribution in [0.3, 0.4) is 0 Å². The van der Waals surface area contributed by atoms with E-state index < -0.39 is 0 Å². The summed E-state index contributed by atoms with van der Waals surface area (Å²) in [5.74, 6) is 2.71. The van der Waals surface area contributed by atoms with Crippen LogP contribution in [-0.2, 0) is 0 Å². The molecule has 100 valence electrons. The van der Waals surface area contributed by atoms with Gasteiger partial charge in [-0.3, -0.25) is 9.98 Å². The van der Waals surface area contributed by atoms with E-state index in [4.69, 9.17) is 6.42 Å². The van der Waals surface area contributed by atoms with Crippen LogP contribution in [0.2, 0.25) is 0 Å². The van der Waals surface area contributed by atoms with E-state index in [1.165, 1.54) is 6.20 Å². The molecule has 2 heteroatoms. The Balaban J connectivity index is 6.02. The van der Waals surface area contributed by atoms with Gasteiger partial charge in [0.05, 0.1) is 17.0 Å². The van der Waals surface area contributed by atoms with Crippen molar-refractivity contribution in [1.29, 1.82) is 0 Å². The Bertz CT molecular complexity index is 518. The molecule has 0 aromatic heterocycles. The lowest BCUT2D eigenvalue weighted by atomic mass is 10.0. The van der Waals surface area contributed by atoms with Gasteiger partial charge in [-0.05, 0) is 40.2 Å². The molecule has 0 aromatic rings. The van der Waals surface area contributed by atoms with E-state index in [0.717, 1.165) is 22.4 Å². The molecule has 0 saturated carbocycles. The molecule has 0 N–H and O–H groups in total. The van der Waals surface area contributed by atoms with E-state index in [1.54, 1.807) is 6.21 Å². The van der Waals surface area contributed by atoms with Crippen LogP contribution in [0.5, 0.6) is 0 Å². The molecule has 0 rings (SSSR count). The molecule has 0 bridgehead atoms. The highest BCUT2D eigenvalue weighted by Gasteiger charge is 2.08. The minimum atomic E-state index is 0.711. The van der Waals surface area contributed by atoms with Crippen LogP contribution in [0.1, 0.15) is 34.6 Å². The van der Waals surface area contributed by atoms with E-state index in [1.807, 2.05) is 46.8 Å². The standard InChI is InChI=1S/C17H22N2/c1-8-13(5)12-14(6)16(9-2)17(19-11-4)15(7)18-10-3/h2,8,10-12H,3H2,1,4-7H3/b13-8+,14-12-,17-16+,18-15?,19-11?. The quantitative estimate of drug-likeness (QED) is 0.392. The number of hydrogen-bond acceptors (Lipinski definition) is 2. The fraction of sp³-hybridized carbons (Fsp3) is 0.294. The van der Waals surface area contributed by atoms with Crippen molar-refractivity contribution < 1.29 is 0 Å². The minimum absolute atomic E-state index is 0.711. The van der Waals surface area contributed by atoms with Gasteiger partial charge in [0.25, 0.3) is 0 Å². The number of rotatable bonds is 5. The van der Waals surface area contributed by atoms with E-state index in [-0.39, 0.29) is 0 Å². The van der Waals surface area contributed by atoms with Gasteiger partial charge in [-0.25, -0.2) is 0 Å². The molecular weight excluding hydrogens is 232 g/mol. The van der Waals surface area contributed by atoms with Crippen LogP contribution in [0.4, 0.5) is 0 Å². The Morgan fingerprint density at radius 1 is 1.21 bits per heavy atom. The van der Waals surface area contributed by atoms with Crippen LogP contribution < -0.4 is 0 Å². The lowest BCUT2D eigenvalue weighted by Crippen LogP contribution is -2.01. The molecule has 19 heavy (non-hydrogen) atoms. The second-order valence-corrected chi connectivity index (χ2v) is 4.01. The summed E-state index contributed by atoms with van der Waals surface area (Å²) in [6.07, 6.45) is 12.9.